The van der Waals surface area contributed by atoms with Crippen LogP contribution < -0.4 is 9.47 Å². The molecule has 0 saturated heterocycles. The van der Waals surface area contributed by atoms with Gasteiger partial charge in [0.05, 0.1) is 5.52 Å². The number of fused-ring (bicyclic) bond motifs is 1. The van der Waals surface area contributed by atoms with Crippen molar-refractivity contribution in [2.24, 2.45) is 0 Å². The second kappa shape index (κ2) is 15.5. The molecule has 266 valence electrons. The predicted molar refractivity (Wildman–Crippen MR) is 210 cm³/mol. The van der Waals surface area contributed by atoms with Gasteiger partial charge in [0, 0.05) is 22.7 Å². The highest BCUT2D eigenvalue weighted by molar-refractivity contribution is 5.86. The number of nitrogens with zero attached hydrogens (tertiary/aromatic N) is 5. The zero-order valence-electron chi connectivity index (χ0n) is 29.8. The number of ether oxygens (including phenoxy) is 2. The van der Waals surface area contributed by atoms with Crippen molar-refractivity contribution in [1.29, 1.82) is 0 Å². The minimum Gasteiger partial charge on any atom is -0.491 e. The van der Waals surface area contributed by atoms with E-state index in [4.69, 9.17) is 29.9 Å². The number of halogens is 1. The highest BCUT2D eigenvalue weighted by atomic mass is 19.1. The minimum atomic E-state index is -0.868. The third-order valence-electron chi connectivity index (χ3n) is 9.62. The fraction of sp³-hybridized carbons (Fsp3) is 0.130. The molecule has 0 aliphatic rings. The Hall–Kier alpha value is -6.67. The lowest BCUT2D eigenvalue weighted by Crippen LogP contribution is -2.39. The van der Waals surface area contributed by atoms with Crippen molar-refractivity contribution in [2.45, 2.75) is 25.5 Å². The smallest absolute Gasteiger partial charge is 0.205 e. The van der Waals surface area contributed by atoms with Crippen molar-refractivity contribution < 1.29 is 13.9 Å². The third kappa shape index (κ3) is 6.70. The summed E-state index contributed by atoms with van der Waals surface area (Å²) in [7, 11) is 0. The van der Waals surface area contributed by atoms with Crippen LogP contribution in [0.5, 0.6) is 11.5 Å². The molecule has 0 spiro atoms. The Bertz CT molecular complexity index is 2380. The van der Waals surface area contributed by atoms with Crippen molar-refractivity contribution >= 4 is 10.9 Å². The molecule has 2 heterocycles. The molecule has 6 aromatic carbocycles. The van der Waals surface area contributed by atoms with E-state index in [9.17, 15) is 4.39 Å². The Labute approximate surface area is 313 Å². The van der Waals surface area contributed by atoms with Gasteiger partial charge >= 0.3 is 0 Å². The predicted octanol–water partition coefficient (Wildman–Crippen LogP) is 9.89. The molecular weight excluding hydrogens is 674 g/mol. The van der Waals surface area contributed by atoms with Gasteiger partial charge in [0.1, 0.15) is 31.4 Å². The molecule has 0 atom stereocenters. The largest absolute Gasteiger partial charge is 0.491 e. The van der Waals surface area contributed by atoms with Gasteiger partial charge in [0.25, 0.3) is 0 Å². The van der Waals surface area contributed by atoms with Crippen LogP contribution >= 0.6 is 0 Å². The number of benzene rings is 6. The fourth-order valence-electron chi connectivity index (χ4n) is 6.99. The van der Waals surface area contributed by atoms with Gasteiger partial charge in [-0.05, 0) is 63.2 Å². The molecular formula is C46H38FN5O2. The molecule has 0 amide bonds. The molecule has 2 aromatic heterocycles. The number of aryl methyl sites for hydroxylation is 1. The van der Waals surface area contributed by atoms with E-state index in [0.717, 1.165) is 62.0 Å². The molecule has 0 aliphatic heterocycles. The topological polar surface area (TPSA) is 75.0 Å². The Balaban J connectivity index is 1.11. The quantitative estimate of drug-likeness (QED) is 0.111. The number of rotatable bonds is 13. The SMILES string of the molecule is CCc1cc(OCc2ccc(-c3ccccc3-c3nnn(C(c4ccccc4)(c4ccccc4)c4ccccc4)n3)cc2)c2cc(OCCF)ccc2n1. The van der Waals surface area contributed by atoms with E-state index >= 15 is 0 Å². The first kappa shape index (κ1) is 34.4. The van der Waals surface area contributed by atoms with E-state index in [-0.39, 0.29) is 6.61 Å². The maximum atomic E-state index is 12.8. The van der Waals surface area contributed by atoms with Crippen molar-refractivity contribution in [3.05, 3.63) is 192 Å². The first-order valence-electron chi connectivity index (χ1n) is 18.1. The van der Waals surface area contributed by atoms with Gasteiger partial charge in [0.2, 0.25) is 5.82 Å². The van der Waals surface area contributed by atoms with Gasteiger partial charge in [-0.15, -0.1) is 15.0 Å². The summed E-state index contributed by atoms with van der Waals surface area (Å²) >= 11 is 0. The van der Waals surface area contributed by atoms with Crippen LogP contribution in [0.2, 0.25) is 0 Å². The first-order valence-corrected chi connectivity index (χ1v) is 18.1. The van der Waals surface area contributed by atoms with E-state index in [1.165, 1.54) is 0 Å². The second-order valence-electron chi connectivity index (χ2n) is 12.9. The monoisotopic (exact) mass is 711 g/mol. The lowest BCUT2D eigenvalue weighted by molar-refractivity contribution is 0.273. The summed E-state index contributed by atoms with van der Waals surface area (Å²) in [4.78, 5) is 6.50. The van der Waals surface area contributed by atoms with Gasteiger partial charge in [-0.1, -0.05) is 146 Å². The van der Waals surface area contributed by atoms with Crippen molar-refractivity contribution in [1.82, 2.24) is 25.2 Å². The highest BCUT2D eigenvalue weighted by Crippen LogP contribution is 2.40. The summed E-state index contributed by atoms with van der Waals surface area (Å²) in [5.74, 6) is 1.82. The van der Waals surface area contributed by atoms with Crippen LogP contribution in [0.1, 0.15) is 34.9 Å². The van der Waals surface area contributed by atoms with Gasteiger partial charge in [-0.2, -0.15) is 0 Å². The van der Waals surface area contributed by atoms with Crippen LogP contribution in [-0.4, -0.2) is 38.5 Å². The number of hydrogen-bond donors (Lipinski definition) is 0. The maximum Gasteiger partial charge on any atom is 0.205 e. The molecule has 0 saturated carbocycles. The Morgan fingerprint density at radius 1 is 0.648 bits per heavy atom. The van der Waals surface area contributed by atoms with Gasteiger partial charge in [-0.25, -0.2) is 4.39 Å². The van der Waals surface area contributed by atoms with E-state index < -0.39 is 12.2 Å². The molecule has 0 bridgehead atoms. The summed E-state index contributed by atoms with van der Waals surface area (Å²) < 4.78 is 24.7. The van der Waals surface area contributed by atoms with Crippen LogP contribution in [0.4, 0.5) is 4.39 Å². The fourth-order valence-corrected chi connectivity index (χ4v) is 6.99. The maximum absolute atomic E-state index is 12.8. The average molecular weight is 712 g/mol. The summed E-state index contributed by atoms with van der Waals surface area (Å²) in [6, 6.07) is 55.0. The molecule has 8 heteroatoms. The zero-order chi connectivity index (χ0) is 36.7. The van der Waals surface area contributed by atoms with Crippen molar-refractivity contribution in [3.63, 3.8) is 0 Å². The number of aromatic nitrogens is 5. The summed E-state index contributed by atoms with van der Waals surface area (Å²) in [5.41, 5.74) is 7.82. The molecule has 7 nitrogen and oxygen atoms in total. The number of alkyl halides is 1. The van der Waals surface area contributed by atoms with Gasteiger partial charge in [-0.3, -0.25) is 4.98 Å². The molecule has 54 heavy (non-hydrogen) atoms. The van der Waals surface area contributed by atoms with Crippen molar-refractivity contribution in [2.75, 3.05) is 13.3 Å². The van der Waals surface area contributed by atoms with E-state index in [0.29, 0.717) is 23.9 Å². The molecule has 0 aliphatic carbocycles. The van der Waals surface area contributed by atoms with Gasteiger partial charge in [0.15, 0.2) is 5.54 Å². The van der Waals surface area contributed by atoms with Crippen LogP contribution in [0, 0.1) is 0 Å². The first-order chi connectivity index (χ1) is 26.7. The standard InChI is InChI=1S/C46H38FN5O2/c1-2-38-30-44(42-31-39(53-29-28-47)26-27-43(42)48-38)54-32-33-22-24-34(25-23-33)40-20-12-13-21-41(40)45-49-51-52(50-45)46(35-14-6-3-7-15-35,36-16-8-4-9-17-36)37-18-10-5-11-19-37/h3-27,30-31H,2,28-29,32H2,1H3. The molecule has 0 unspecified atom stereocenters. The molecule has 0 radical (unpaired) electrons. The van der Waals surface area contributed by atoms with E-state index in [2.05, 4.69) is 73.7 Å². The van der Waals surface area contributed by atoms with Crippen molar-refractivity contribution in [3.8, 4) is 34.0 Å². The molecule has 8 aromatic rings. The van der Waals surface area contributed by atoms with Crippen LogP contribution in [-0.2, 0) is 18.6 Å². The summed E-state index contributed by atoms with van der Waals surface area (Å²) in [5, 5.41) is 15.4. The summed E-state index contributed by atoms with van der Waals surface area (Å²) in [6.45, 7) is 1.87. The average Bonchev–Trinajstić information content (AvgIpc) is 3.74. The number of hydrogen-bond acceptors (Lipinski definition) is 6. The highest BCUT2D eigenvalue weighted by Gasteiger charge is 2.41. The lowest BCUT2D eigenvalue weighted by atomic mass is 9.77. The minimum absolute atomic E-state index is 0.00194. The third-order valence-corrected chi connectivity index (χ3v) is 9.62. The Morgan fingerprint density at radius 3 is 1.87 bits per heavy atom. The second-order valence-corrected chi connectivity index (χ2v) is 12.9. The van der Waals surface area contributed by atoms with E-state index in [1.807, 2.05) is 97.1 Å². The normalized spacial score (nSPS) is 11.4. The van der Waals surface area contributed by atoms with E-state index in [1.54, 1.807) is 4.80 Å². The van der Waals surface area contributed by atoms with Crippen LogP contribution in [0.3, 0.4) is 0 Å². The summed E-state index contributed by atoms with van der Waals surface area (Å²) in [6.07, 6.45) is 0.773. The Morgan fingerprint density at radius 2 is 1.26 bits per heavy atom. The van der Waals surface area contributed by atoms with Crippen LogP contribution in [0.25, 0.3) is 33.4 Å². The zero-order valence-corrected chi connectivity index (χ0v) is 29.8. The molecule has 8 rings (SSSR count). The Kier molecular flexibility index (Phi) is 9.89. The number of tetrazole rings is 1. The lowest BCUT2D eigenvalue weighted by Gasteiger charge is -2.34. The van der Waals surface area contributed by atoms with Gasteiger partial charge < -0.3 is 9.47 Å². The number of pyridine rings is 1. The molecule has 0 fully saturated rings. The molecule has 0 N–H and O–H groups in total. The van der Waals surface area contributed by atoms with Crippen LogP contribution in [0.15, 0.2) is 164 Å².